The number of urea groups is 1. The number of halogens is 3. The fourth-order valence-corrected chi connectivity index (χ4v) is 2.25. The molecule has 1 aromatic rings. The number of rotatable bonds is 4. The monoisotopic (exact) mass is 301 g/mol. The van der Waals surface area contributed by atoms with Gasteiger partial charge in [-0.3, -0.25) is 0 Å². The second-order valence-electron chi connectivity index (χ2n) is 5.05. The van der Waals surface area contributed by atoms with E-state index in [0.29, 0.717) is 12.1 Å². The molecule has 116 valence electrons. The topological polar surface area (TPSA) is 53.2 Å². The van der Waals surface area contributed by atoms with Crippen LogP contribution < -0.4 is 16.0 Å². The lowest BCUT2D eigenvalue weighted by molar-refractivity contribution is -0.137. The van der Waals surface area contributed by atoms with Crippen molar-refractivity contribution in [2.45, 2.75) is 31.6 Å². The predicted molar refractivity (Wildman–Crippen MR) is 72.7 cm³/mol. The molecule has 1 aliphatic rings. The van der Waals surface area contributed by atoms with Crippen molar-refractivity contribution in [2.75, 3.05) is 13.1 Å². The van der Waals surface area contributed by atoms with Crippen molar-refractivity contribution in [2.24, 2.45) is 0 Å². The van der Waals surface area contributed by atoms with E-state index in [9.17, 15) is 18.0 Å². The molecule has 0 radical (unpaired) electrons. The second kappa shape index (κ2) is 6.80. The zero-order chi connectivity index (χ0) is 15.3. The van der Waals surface area contributed by atoms with E-state index >= 15 is 0 Å². The van der Waals surface area contributed by atoms with Crippen LogP contribution in [0.2, 0.25) is 0 Å². The quantitative estimate of drug-likeness (QED) is 0.799. The summed E-state index contributed by atoms with van der Waals surface area (Å²) in [6, 6.07) is 4.84. The van der Waals surface area contributed by atoms with Gasteiger partial charge in [-0.15, -0.1) is 0 Å². The van der Waals surface area contributed by atoms with Crippen LogP contribution in [0, 0.1) is 0 Å². The molecule has 21 heavy (non-hydrogen) atoms. The lowest BCUT2D eigenvalue weighted by Gasteiger charge is -2.13. The molecule has 0 saturated carbocycles. The van der Waals surface area contributed by atoms with E-state index in [1.165, 1.54) is 6.07 Å². The zero-order valence-corrected chi connectivity index (χ0v) is 11.5. The van der Waals surface area contributed by atoms with Crippen LogP contribution in [0.5, 0.6) is 0 Å². The van der Waals surface area contributed by atoms with Gasteiger partial charge in [0.2, 0.25) is 0 Å². The molecule has 1 atom stereocenters. The van der Waals surface area contributed by atoms with Crippen LogP contribution in [-0.2, 0) is 12.7 Å². The van der Waals surface area contributed by atoms with Gasteiger partial charge in [0, 0.05) is 19.1 Å². The van der Waals surface area contributed by atoms with Crippen LogP contribution in [0.3, 0.4) is 0 Å². The standard InChI is InChI=1S/C14H18F3N3O/c15-14(16,17)11-4-1-3-10(7-11)8-19-13(21)20-9-12-5-2-6-18-12/h1,3-4,7,12,18H,2,5-6,8-9H2,(H2,19,20,21). The van der Waals surface area contributed by atoms with Crippen LogP contribution in [0.25, 0.3) is 0 Å². The molecular formula is C14H18F3N3O. The van der Waals surface area contributed by atoms with Gasteiger partial charge < -0.3 is 16.0 Å². The highest BCUT2D eigenvalue weighted by atomic mass is 19.4. The van der Waals surface area contributed by atoms with Crippen molar-refractivity contribution in [1.29, 1.82) is 0 Å². The van der Waals surface area contributed by atoms with Crippen molar-refractivity contribution in [3.05, 3.63) is 35.4 Å². The number of hydrogen-bond donors (Lipinski definition) is 3. The average molecular weight is 301 g/mol. The summed E-state index contributed by atoms with van der Waals surface area (Å²) in [5, 5.41) is 8.50. The molecule has 1 aromatic carbocycles. The number of amides is 2. The number of benzene rings is 1. The maximum Gasteiger partial charge on any atom is 0.416 e. The van der Waals surface area contributed by atoms with E-state index in [4.69, 9.17) is 0 Å². The smallest absolute Gasteiger partial charge is 0.337 e. The Balaban J connectivity index is 1.78. The van der Waals surface area contributed by atoms with Crippen LogP contribution in [-0.4, -0.2) is 25.2 Å². The lowest BCUT2D eigenvalue weighted by Crippen LogP contribution is -2.42. The fourth-order valence-electron chi connectivity index (χ4n) is 2.25. The molecule has 0 spiro atoms. The van der Waals surface area contributed by atoms with Gasteiger partial charge in [-0.1, -0.05) is 12.1 Å². The minimum absolute atomic E-state index is 0.0633. The van der Waals surface area contributed by atoms with Crippen molar-refractivity contribution in [3.8, 4) is 0 Å². The normalized spacial score (nSPS) is 18.5. The first-order valence-corrected chi connectivity index (χ1v) is 6.86. The Hall–Kier alpha value is -1.76. The third-order valence-corrected chi connectivity index (χ3v) is 3.38. The molecule has 3 N–H and O–H groups in total. The first-order chi connectivity index (χ1) is 9.95. The van der Waals surface area contributed by atoms with Gasteiger partial charge in [0.05, 0.1) is 5.56 Å². The molecule has 1 saturated heterocycles. The molecule has 0 bridgehead atoms. The summed E-state index contributed by atoms with van der Waals surface area (Å²) in [5.74, 6) is 0. The highest BCUT2D eigenvalue weighted by molar-refractivity contribution is 5.73. The van der Waals surface area contributed by atoms with Gasteiger partial charge in [-0.2, -0.15) is 13.2 Å². The summed E-state index contributed by atoms with van der Waals surface area (Å²) in [4.78, 5) is 11.6. The summed E-state index contributed by atoms with van der Waals surface area (Å²) >= 11 is 0. The van der Waals surface area contributed by atoms with Crippen molar-refractivity contribution < 1.29 is 18.0 Å². The Labute approximate surface area is 121 Å². The minimum Gasteiger partial charge on any atom is -0.337 e. The predicted octanol–water partition coefficient (Wildman–Crippen LogP) is 2.26. The van der Waals surface area contributed by atoms with Crippen LogP contribution in [0.4, 0.5) is 18.0 Å². The summed E-state index contributed by atoms with van der Waals surface area (Å²) in [7, 11) is 0. The van der Waals surface area contributed by atoms with Crippen LogP contribution in [0.15, 0.2) is 24.3 Å². The molecule has 2 rings (SSSR count). The highest BCUT2D eigenvalue weighted by Crippen LogP contribution is 2.29. The molecule has 1 aliphatic heterocycles. The van der Waals surface area contributed by atoms with E-state index < -0.39 is 11.7 Å². The molecule has 1 heterocycles. The van der Waals surface area contributed by atoms with Crippen LogP contribution >= 0.6 is 0 Å². The van der Waals surface area contributed by atoms with Crippen molar-refractivity contribution in [3.63, 3.8) is 0 Å². The summed E-state index contributed by atoms with van der Waals surface area (Å²) in [6.45, 7) is 1.54. The minimum atomic E-state index is -4.37. The van der Waals surface area contributed by atoms with Crippen LogP contribution in [0.1, 0.15) is 24.0 Å². The van der Waals surface area contributed by atoms with E-state index in [-0.39, 0.29) is 18.6 Å². The summed E-state index contributed by atoms with van der Waals surface area (Å²) in [6.07, 6.45) is -2.25. The van der Waals surface area contributed by atoms with E-state index in [0.717, 1.165) is 31.5 Å². The third-order valence-electron chi connectivity index (χ3n) is 3.38. The maximum atomic E-state index is 12.6. The Morgan fingerprint density at radius 1 is 1.33 bits per heavy atom. The fraction of sp³-hybridized carbons (Fsp3) is 0.500. The zero-order valence-electron chi connectivity index (χ0n) is 11.5. The maximum absolute atomic E-state index is 12.6. The molecule has 1 unspecified atom stereocenters. The molecule has 0 aliphatic carbocycles. The number of hydrogen-bond acceptors (Lipinski definition) is 2. The first-order valence-electron chi connectivity index (χ1n) is 6.86. The SMILES string of the molecule is O=C(NCc1cccc(C(F)(F)F)c1)NCC1CCCN1. The van der Waals surface area contributed by atoms with E-state index in [1.807, 2.05) is 0 Å². The Morgan fingerprint density at radius 2 is 2.14 bits per heavy atom. The van der Waals surface area contributed by atoms with Gasteiger partial charge in [0.25, 0.3) is 0 Å². The van der Waals surface area contributed by atoms with Gasteiger partial charge >= 0.3 is 12.2 Å². The van der Waals surface area contributed by atoms with Gasteiger partial charge in [-0.25, -0.2) is 4.79 Å². The number of nitrogens with one attached hydrogen (secondary N) is 3. The van der Waals surface area contributed by atoms with Crippen molar-refractivity contribution >= 4 is 6.03 Å². The lowest BCUT2D eigenvalue weighted by atomic mass is 10.1. The van der Waals surface area contributed by atoms with Crippen molar-refractivity contribution in [1.82, 2.24) is 16.0 Å². The van der Waals surface area contributed by atoms with E-state index in [2.05, 4.69) is 16.0 Å². The molecule has 0 aromatic heterocycles. The Bertz CT molecular complexity index is 485. The largest absolute Gasteiger partial charge is 0.416 e. The molecule has 1 fully saturated rings. The molecule has 2 amide bonds. The number of carbonyl (C=O) groups excluding carboxylic acids is 1. The Kier molecular flexibility index (Phi) is 5.06. The van der Waals surface area contributed by atoms with E-state index in [1.54, 1.807) is 6.07 Å². The number of alkyl halides is 3. The van der Waals surface area contributed by atoms with Gasteiger partial charge in [-0.05, 0) is 37.1 Å². The average Bonchev–Trinajstić information content (AvgIpc) is 2.95. The van der Waals surface area contributed by atoms with Gasteiger partial charge in [0.1, 0.15) is 0 Å². The third kappa shape index (κ3) is 4.93. The van der Waals surface area contributed by atoms with Gasteiger partial charge in [0.15, 0.2) is 0 Å². The first kappa shape index (κ1) is 15.6. The number of carbonyl (C=O) groups is 1. The summed E-state index contributed by atoms with van der Waals surface area (Å²) < 4.78 is 37.7. The molecule has 7 heteroatoms. The molecule has 4 nitrogen and oxygen atoms in total. The second-order valence-corrected chi connectivity index (χ2v) is 5.05. The molecular weight excluding hydrogens is 283 g/mol. The Morgan fingerprint density at radius 3 is 2.81 bits per heavy atom. The highest BCUT2D eigenvalue weighted by Gasteiger charge is 2.30. The summed E-state index contributed by atoms with van der Waals surface area (Å²) in [5.41, 5.74) is -0.295.